The molecule has 16 N–H and O–H groups in total. The van der Waals surface area contributed by atoms with Crippen LogP contribution >= 0.6 is 0 Å². The topological polar surface area (TPSA) is 420 Å². The number of nitrogens with one attached hydrogen (secondary N) is 10. The van der Waals surface area contributed by atoms with Gasteiger partial charge < -0.3 is 103 Å². The molecule has 0 rings (SSSR count). The van der Waals surface area contributed by atoms with E-state index in [-0.39, 0.29) is 217 Å². The van der Waals surface area contributed by atoms with Gasteiger partial charge in [0.1, 0.15) is 6.04 Å². The van der Waals surface area contributed by atoms with Crippen LogP contribution in [0.2, 0.25) is 0 Å². The van der Waals surface area contributed by atoms with Crippen molar-refractivity contribution in [2.24, 2.45) is 0 Å². The number of carbonyl (C=O) groups is 10. The van der Waals surface area contributed by atoms with Crippen molar-refractivity contribution < 1.29 is 97.3 Å². The predicted octanol–water partition coefficient (Wildman–Crippen LogP) is -6.55. The molecule has 0 aromatic carbocycles. The Morgan fingerprint density at radius 2 is 0.598 bits per heavy atom. The summed E-state index contributed by atoms with van der Waals surface area (Å²) in [6.07, 6.45) is 6.06. The number of hydrogen-bond donors (Lipinski definition) is 12. The number of amides is 10. The summed E-state index contributed by atoms with van der Waals surface area (Å²) < 4.78 is 43.2. The third-order valence-electron chi connectivity index (χ3n) is 10.7. The second-order valence-corrected chi connectivity index (χ2v) is 17.7. The molecule has 0 aliphatic carbocycles. The van der Waals surface area contributed by atoms with E-state index in [2.05, 4.69) is 70.6 Å². The molecule has 0 spiro atoms. The number of ether oxygens (including phenoxy) is 8. The van der Waals surface area contributed by atoms with Crippen molar-refractivity contribution in [2.75, 3.05) is 178 Å². The van der Waals surface area contributed by atoms with Crippen molar-refractivity contribution in [3.8, 4) is 12.3 Å². The molecule has 0 unspecified atom stereocenters. The Bertz CT molecular complexity index is 1820. The van der Waals surface area contributed by atoms with Crippen molar-refractivity contribution in [1.29, 1.82) is 0 Å². The highest BCUT2D eigenvalue weighted by atomic mass is 16.5. The van der Waals surface area contributed by atoms with Gasteiger partial charge >= 0.3 is 0 Å². The monoisotopic (exact) mass is 1180 g/mol. The van der Waals surface area contributed by atoms with Crippen LogP contribution in [0.3, 0.4) is 0 Å². The Morgan fingerprint density at radius 3 is 0.927 bits per heavy atom. The third kappa shape index (κ3) is 53.2. The van der Waals surface area contributed by atoms with Crippen LogP contribution in [-0.2, 0) is 85.8 Å². The summed E-state index contributed by atoms with van der Waals surface area (Å²) in [6, 6.07) is -0.921. The summed E-state index contributed by atoms with van der Waals surface area (Å²) in [4.78, 5) is 122. The van der Waals surface area contributed by atoms with Crippen LogP contribution in [0.25, 0.3) is 0 Å². The normalized spacial score (nSPS) is 11.1. The average molecular weight is 1180 g/mol. The number of hydrogen-bond acceptors (Lipinski definition) is 18. The highest BCUT2D eigenvalue weighted by Crippen LogP contribution is 2.04. The Balaban J connectivity index is 4.29. The van der Waals surface area contributed by atoms with Gasteiger partial charge in [0.05, 0.1) is 125 Å². The van der Waals surface area contributed by atoms with Crippen molar-refractivity contribution in [3.05, 3.63) is 0 Å². The molecule has 0 aliphatic rings. The molecule has 0 fully saturated rings. The lowest BCUT2D eigenvalue weighted by molar-refractivity contribution is -0.374. The minimum atomic E-state index is -0.921. The van der Waals surface area contributed by atoms with Gasteiger partial charge in [-0.1, -0.05) is 5.92 Å². The Kier molecular flexibility index (Phi) is 52.5. The average Bonchev–Trinajstić information content (AvgIpc) is 3.46. The maximum atomic E-state index is 13.2. The molecule has 470 valence electrons. The zero-order valence-electron chi connectivity index (χ0n) is 48.0. The van der Waals surface area contributed by atoms with Crippen molar-refractivity contribution >= 4 is 59.1 Å². The van der Waals surface area contributed by atoms with Crippen molar-refractivity contribution in [1.82, 2.24) is 53.2 Å². The molecule has 0 saturated heterocycles. The molecule has 0 aromatic heterocycles. The quantitative estimate of drug-likeness (QED) is 0.0199. The Hall–Kier alpha value is -6.14. The molecule has 0 aliphatic heterocycles. The van der Waals surface area contributed by atoms with Gasteiger partial charge in [-0.3, -0.25) is 47.9 Å². The van der Waals surface area contributed by atoms with Crippen LogP contribution in [0.5, 0.6) is 0 Å². The maximum absolute atomic E-state index is 13.2. The smallest absolute Gasteiger partial charge is 0.242 e. The zero-order chi connectivity index (χ0) is 60.4. The van der Waals surface area contributed by atoms with E-state index in [9.17, 15) is 47.9 Å². The second kappa shape index (κ2) is 56.7. The number of unbranched alkanes of at least 4 members (excludes halogenated alkanes) is 1. The molecular weight excluding hydrogens is 1080 g/mol. The lowest BCUT2D eigenvalue weighted by Crippen LogP contribution is -2.52. The first-order valence-electron chi connectivity index (χ1n) is 28.2. The number of quaternary nitrogens is 2. The highest BCUT2D eigenvalue weighted by Gasteiger charge is 2.21. The summed E-state index contributed by atoms with van der Waals surface area (Å²) in [5.41, 5.74) is 7.38. The van der Waals surface area contributed by atoms with E-state index >= 15 is 0 Å². The number of carbonyl (C=O) groups excluding carboxylic acids is 10. The minimum Gasteiger partial charge on any atom is -0.377 e. The minimum absolute atomic E-state index is 0.00124. The molecule has 0 radical (unpaired) electrons. The van der Waals surface area contributed by atoms with Crippen LogP contribution in [-0.4, -0.2) is 243 Å². The van der Waals surface area contributed by atoms with Gasteiger partial charge in [0.25, 0.3) is 0 Å². The van der Waals surface area contributed by atoms with Crippen LogP contribution in [0, 0.1) is 12.3 Å². The van der Waals surface area contributed by atoms with Crippen molar-refractivity contribution in [3.63, 3.8) is 0 Å². The Morgan fingerprint density at radius 1 is 0.317 bits per heavy atom. The fraction of sp³-hybridized carbons (Fsp3) is 0.769. The van der Waals surface area contributed by atoms with E-state index in [4.69, 9.17) is 44.3 Å². The molecule has 0 bridgehead atoms. The first kappa shape index (κ1) is 75.9. The first-order chi connectivity index (χ1) is 39.8. The Labute approximate surface area is 481 Å². The van der Waals surface area contributed by atoms with Gasteiger partial charge in [0, 0.05) is 110 Å². The van der Waals surface area contributed by atoms with Crippen LogP contribution < -0.4 is 64.6 Å². The number of rotatable bonds is 57. The summed E-state index contributed by atoms with van der Waals surface area (Å²) in [6.45, 7) is 8.39. The zero-order valence-corrected chi connectivity index (χ0v) is 48.0. The van der Waals surface area contributed by atoms with E-state index in [1.165, 1.54) is 0 Å². The van der Waals surface area contributed by atoms with Gasteiger partial charge in [-0.05, 0) is 19.3 Å². The standard InChI is InChI=1S/C52H94N12O18/c1-2-17-55-50(72)14-19-57-44(66)7-9-46(68)59-21-30-79-38-39-80-31-22-60-47(69)10-11-48(70)61-23-32-81-40-41-82-33-25-63-52(74)42(64-51(73)13-12-49(71)62-24-29-78-37-35-76-27-16-54)5-3-4-18-56-43(65)6-8-45(67)58-20-28-77-36-34-75-26-15-53/h1,42H,3-41,53-54H2,(H,55,72)(H,56,65)(H,57,66)(H,58,67)(H,59,68)(H,60,69)(H,61,70)(H,62,71)(H,63,74)(H,64,73)/p+2/t42-/m0/s1. The van der Waals surface area contributed by atoms with E-state index < -0.39 is 17.9 Å². The largest absolute Gasteiger partial charge is 0.377 e. The van der Waals surface area contributed by atoms with E-state index in [0.717, 1.165) is 0 Å². The van der Waals surface area contributed by atoms with Crippen LogP contribution in [0.1, 0.15) is 77.0 Å². The maximum Gasteiger partial charge on any atom is 0.242 e. The van der Waals surface area contributed by atoms with E-state index in [0.29, 0.717) is 85.3 Å². The molecule has 0 aromatic rings. The van der Waals surface area contributed by atoms with Gasteiger partial charge in [0.2, 0.25) is 59.1 Å². The van der Waals surface area contributed by atoms with Gasteiger partial charge in [-0.2, -0.15) is 0 Å². The third-order valence-corrected chi connectivity index (χ3v) is 10.7. The lowest BCUT2D eigenvalue weighted by atomic mass is 10.1. The fourth-order valence-electron chi connectivity index (χ4n) is 6.49. The summed E-state index contributed by atoms with van der Waals surface area (Å²) >= 11 is 0. The highest BCUT2D eigenvalue weighted by molar-refractivity contribution is 5.89. The van der Waals surface area contributed by atoms with Gasteiger partial charge in [-0.25, -0.2) is 0 Å². The predicted molar refractivity (Wildman–Crippen MR) is 295 cm³/mol. The number of terminal acetylenes is 1. The molecule has 30 nitrogen and oxygen atoms in total. The summed E-state index contributed by atoms with van der Waals surface area (Å²) in [5.74, 6) is -1.15. The van der Waals surface area contributed by atoms with Crippen LogP contribution in [0.15, 0.2) is 0 Å². The second-order valence-electron chi connectivity index (χ2n) is 17.7. The van der Waals surface area contributed by atoms with Gasteiger partial charge in [0.15, 0.2) is 0 Å². The SMILES string of the molecule is C#CCNC(=O)CCNC(=O)CCC(=O)NCCOCCOCCNC(=O)CCC(=O)NCCOCCOCCNC(=O)[C@H](CCCCNC(=O)CCC(=O)NCCOCCOCC[NH3+])NC(=O)CCC(=O)NCCOCCOCC[NH3+]. The van der Waals surface area contributed by atoms with Crippen molar-refractivity contribution in [2.45, 2.75) is 83.1 Å². The first-order valence-corrected chi connectivity index (χ1v) is 28.2. The molecule has 10 amide bonds. The summed E-state index contributed by atoms with van der Waals surface area (Å²) in [5, 5.41) is 26.7. The van der Waals surface area contributed by atoms with E-state index in [1.54, 1.807) is 0 Å². The van der Waals surface area contributed by atoms with Crippen LogP contribution in [0.4, 0.5) is 0 Å². The molecular formula is C52H96N12O18+2. The molecule has 82 heavy (non-hydrogen) atoms. The fourth-order valence-corrected chi connectivity index (χ4v) is 6.49. The molecule has 0 heterocycles. The van der Waals surface area contributed by atoms with E-state index in [1.807, 2.05) is 0 Å². The molecule has 0 saturated carbocycles. The molecule has 30 heteroatoms. The lowest BCUT2D eigenvalue weighted by Gasteiger charge is -2.19. The van der Waals surface area contributed by atoms with Gasteiger partial charge in [-0.15, -0.1) is 6.42 Å². The molecule has 1 atom stereocenters. The summed E-state index contributed by atoms with van der Waals surface area (Å²) in [7, 11) is 0.